The van der Waals surface area contributed by atoms with Crippen molar-refractivity contribution in [2.24, 2.45) is 5.10 Å². The quantitative estimate of drug-likeness (QED) is 0.591. The molecule has 4 heteroatoms. The van der Waals surface area contributed by atoms with Crippen molar-refractivity contribution in [3.8, 4) is 0 Å². The molecule has 0 amide bonds. The van der Waals surface area contributed by atoms with Gasteiger partial charge in [0.15, 0.2) is 0 Å². The first-order chi connectivity index (χ1) is 7.27. The average Bonchev–Trinajstić information content (AvgIpc) is 2.26. The predicted molar refractivity (Wildman–Crippen MR) is 70.3 cm³/mol. The number of nitrogens with zero attached hydrogens (tertiary/aromatic N) is 3. The number of hydrazone groups is 1. The summed E-state index contributed by atoms with van der Waals surface area (Å²) in [5, 5.41) is 8.26. The lowest BCUT2D eigenvalue weighted by atomic mass is 10.1. The normalized spacial score (nSPS) is 10.4. The van der Waals surface area contributed by atoms with Gasteiger partial charge in [0, 0.05) is 25.7 Å². The van der Waals surface area contributed by atoms with Gasteiger partial charge in [-0.2, -0.15) is 5.10 Å². The van der Waals surface area contributed by atoms with Crippen LogP contribution in [0.4, 0.5) is 0 Å². The maximum absolute atomic E-state index is 4.30. The first-order valence-electron chi connectivity index (χ1n) is 4.82. The van der Waals surface area contributed by atoms with Crippen LogP contribution in [0.3, 0.4) is 0 Å². The molecule has 2 aromatic rings. The Morgan fingerprint density at radius 1 is 1.19 bits per heavy atom. The zero-order valence-corrected chi connectivity index (χ0v) is 10.1. The molecule has 0 N–H and O–H groups in total. The van der Waals surface area contributed by atoms with Crippen LogP contribution in [0.15, 0.2) is 41.6 Å². The third kappa shape index (κ3) is 2.70. The van der Waals surface area contributed by atoms with Crippen molar-refractivity contribution in [1.82, 2.24) is 9.99 Å². The Kier molecular flexibility index (Phi) is 4.26. The van der Waals surface area contributed by atoms with E-state index in [9.17, 15) is 0 Å². The Morgan fingerprint density at radius 2 is 1.94 bits per heavy atom. The van der Waals surface area contributed by atoms with Crippen molar-refractivity contribution in [3.63, 3.8) is 0 Å². The van der Waals surface area contributed by atoms with E-state index in [0.29, 0.717) is 0 Å². The summed E-state index contributed by atoms with van der Waals surface area (Å²) < 4.78 is 0. The fourth-order valence-electron chi connectivity index (χ4n) is 1.42. The van der Waals surface area contributed by atoms with Gasteiger partial charge in [-0.05, 0) is 11.5 Å². The fraction of sp³-hybridized carbons (Fsp3) is 0.167. The Balaban J connectivity index is 0.00000128. The summed E-state index contributed by atoms with van der Waals surface area (Å²) in [5.74, 6) is 0. The van der Waals surface area contributed by atoms with Gasteiger partial charge in [0.1, 0.15) is 0 Å². The van der Waals surface area contributed by atoms with Crippen LogP contribution in [-0.2, 0) is 0 Å². The highest BCUT2D eigenvalue weighted by Crippen LogP contribution is 2.14. The summed E-state index contributed by atoms with van der Waals surface area (Å²) in [6, 6.07) is 10.2. The summed E-state index contributed by atoms with van der Waals surface area (Å²) in [7, 11) is 3.78. The Hall–Kier alpha value is -1.61. The van der Waals surface area contributed by atoms with Crippen LogP contribution in [0.2, 0.25) is 0 Å². The number of hydrogen-bond acceptors (Lipinski definition) is 3. The standard InChI is InChI=1S/C12H13N3.ClH/c1-15(2)14-9-12-11-6-4-3-5-10(11)7-8-13-12;/h3-9H,1-2H3;1H/b14-9+;. The summed E-state index contributed by atoms with van der Waals surface area (Å²) >= 11 is 0. The molecule has 1 heterocycles. The van der Waals surface area contributed by atoms with Crippen LogP contribution in [-0.4, -0.2) is 30.3 Å². The molecule has 0 atom stereocenters. The van der Waals surface area contributed by atoms with Gasteiger partial charge in [0.25, 0.3) is 0 Å². The molecule has 0 aliphatic rings. The highest BCUT2D eigenvalue weighted by molar-refractivity contribution is 5.97. The smallest absolute Gasteiger partial charge is 0.0908 e. The minimum absolute atomic E-state index is 0. The van der Waals surface area contributed by atoms with Gasteiger partial charge in [-0.1, -0.05) is 24.3 Å². The molecular weight excluding hydrogens is 222 g/mol. The molecule has 0 aliphatic carbocycles. The van der Waals surface area contributed by atoms with Crippen molar-refractivity contribution >= 4 is 29.4 Å². The van der Waals surface area contributed by atoms with Crippen LogP contribution in [0, 0.1) is 0 Å². The molecule has 16 heavy (non-hydrogen) atoms. The topological polar surface area (TPSA) is 28.5 Å². The number of hydrogen-bond donors (Lipinski definition) is 0. The molecule has 0 aliphatic heterocycles. The summed E-state index contributed by atoms with van der Waals surface area (Å²) in [6.45, 7) is 0. The highest BCUT2D eigenvalue weighted by Gasteiger charge is 1.97. The molecule has 3 nitrogen and oxygen atoms in total. The first kappa shape index (κ1) is 12.5. The average molecular weight is 236 g/mol. The Labute approximate surface area is 101 Å². The van der Waals surface area contributed by atoms with E-state index in [1.54, 1.807) is 17.4 Å². The summed E-state index contributed by atoms with van der Waals surface area (Å²) in [5.41, 5.74) is 0.904. The zero-order valence-electron chi connectivity index (χ0n) is 9.29. The van der Waals surface area contributed by atoms with E-state index in [1.165, 1.54) is 5.39 Å². The number of rotatable bonds is 2. The molecule has 0 radical (unpaired) electrons. The van der Waals surface area contributed by atoms with Gasteiger partial charge in [0.05, 0.1) is 11.9 Å². The molecule has 0 bridgehead atoms. The van der Waals surface area contributed by atoms with Crippen LogP contribution < -0.4 is 0 Å². The van der Waals surface area contributed by atoms with Crippen molar-refractivity contribution in [1.29, 1.82) is 0 Å². The van der Waals surface area contributed by atoms with E-state index in [1.807, 2.05) is 32.3 Å². The maximum atomic E-state index is 4.30. The number of fused-ring (bicyclic) bond motifs is 1. The van der Waals surface area contributed by atoms with E-state index in [-0.39, 0.29) is 12.4 Å². The fourth-order valence-corrected chi connectivity index (χ4v) is 1.42. The van der Waals surface area contributed by atoms with Gasteiger partial charge < -0.3 is 5.01 Å². The van der Waals surface area contributed by atoms with Crippen molar-refractivity contribution < 1.29 is 0 Å². The van der Waals surface area contributed by atoms with Gasteiger partial charge in [-0.25, -0.2) is 0 Å². The molecule has 84 valence electrons. The van der Waals surface area contributed by atoms with Gasteiger partial charge in [-0.15, -0.1) is 12.4 Å². The Bertz CT molecular complexity index is 489. The molecule has 0 unspecified atom stereocenters. The molecule has 0 fully saturated rings. The van der Waals surface area contributed by atoms with Crippen molar-refractivity contribution in [2.75, 3.05) is 14.1 Å². The van der Waals surface area contributed by atoms with Gasteiger partial charge in [-0.3, -0.25) is 4.98 Å². The van der Waals surface area contributed by atoms with Gasteiger partial charge in [0.2, 0.25) is 0 Å². The van der Waals surface area contributed by atoms with Crippen LogP contribution >= 0.6 is 12.4 Å². The molecule has 2 rings (SSSR count). The third-order valence-electron chi connectivity index (χ3n) is 2.12. The lowest BCUT2D eigenvalue weighted by Gasteiger charge is -2.03. The lowest BCUT2D eigenvalue weighted by molar-refractivity contribution is 0.440. The molecule has 1 aromatic heterocycles. The predicted octanol–water partition coefficient (Wildman–Crippen LogP) is 2.55. The summed E-state index contributed by atoms with van der Waals surface area (Å²) in [6.07, 6.45) is 3.58. The molecule has 1 aromatic carbocycles. The van der Waals surface area contributed by atoms with Crippen LogP contribution in [0.1, 0.15) is 5.69 Å². The van der Waals surface area contributed by atoms with Gasteiger partial charge >= 0.3 is 0 Å². The number of halogens is 1. The second-order valence-electron chi connectivity index (χ2n) is 3.51. The van der Waals surface area contributed by atoms with E-state index < -0.39 is 0 Å². The maximum Gasteiger partial charge on any atom is 0.0908 e. The van der Waals surface area contributed by atoms with Crippen LogP contribution in [0.25, 0.3) is 10.8 Å². The SMILES string of the molecule is CN(C)/N=C/c1nccc2ccccc12.Cl. The number of aromatic nitrogens is 1. The molecule has 0 saturated carbocycles. The Morgan fingerprint density at radius 3 is 2.69 bits per heavy atom. The van der Waals surface area contributed by atoms with Crippen molar-refractivity contribution in [3.05, 3.63) is 42.2 Å². The summed E-state index contributed by atoms with van der Waals surface area (Å²) in [4.78, 5) is 4.30. The van der Waals surface area contributed by atoms with E-state index in [4.69, 9.17) is 0 Å². The first-order valence-corrected chi connectivity index (χ1v) is 4.82. The lowest BCUT2D eigenvalue weighted by Crippen LogP contribution is -2.02. The minimum Gasteiger partial charge on any atom is -0.303 e. The second kappa shape index (κ2) is 5.47. The molecular formula is C12H14ClN3. The minimum atomic E-state index is 0. The van der Waals surface area contributed by atoms with E-state index >= 15 is 0 Å². The monoisotopic (exact) mass is 235 g/mol. The third-order valence-corrected chi connectivity index (χ3v) is 2.12. The molecule has 0 spiro atoms. The molecule has 0 saturated heterocycles. The highest BCUT2D eigenvalue weighted by atomic mass is 35.5. The zero-order chi connectivity index (χ0) is 10.7. The number of benzene rings is 1. The largest absolute Gasteiger partial charge is 0.303 e. The number of pyridine rings is 1. The second-order valence-corrected chi connectivity index (χ2v) is 3.51. The van der Waals surface area contributed by atoms with E-state index in [2.05, 4.69) is 22.2 Å². The van der Waals surface area contributed by atoms with Crippen LogP contribution in [0.5, 0.6) is 0 Å². The van der Waals surface area contributed by atoms with Crippen molar-refractivity contribution in [2.45, 2.75) is 0 Å². The van der Waals surface area contributed by atoms with E-state index in [0.717, 1.165) is 11.1 Å².